The number of nitrogens with zero attached hydrogens (tertiary/aromatic N) is 1. The normalized spacial score (nSPS) is 12.2. The number of methoxy groups -OCH3 is 2. The summed E-state index contributed by atoms with van der Waals surface area (Å²) in [5.74, 6) is 0.874. The van der Waals surface area contributed by atoms with Crippen molar-refractivity contribution in [3.05, 3.63) is 24.3 Å². The van der Waals surface area contributed by atoms with Gasteiger partial charge in [0.05, 0.1) is 13.2 Å². The van der Waals surface area contributed by atoms with Gasteiger partial charge in [0.25, 0.3) is 0 Å². The Hall–Kier alpha value is -1.26. The van der Waals surface area contributed by atoms with Crippen molar-refractivity contribution in [2.75, 3.05) is 39.3 Å². The highest BCUT2D eigenvalue weighted by Crippen LogP contribution is 2.18. The van der Waals surface area contributed by atoms with E-state index < -0.39 is 0 Å². The molecule has 0 spiro atoms. The van der Waals surface area contributed by atoms with Gasteiger partial charge >= 0.3 is 0 Å². The van der Waals surface area contributed by atoms with Crippen LogP contribution >= 0.6 is 0 Å². The first-order chi connectivity index (χ1) is 8.21. The van der Waals surface area contributed by atoms with Gasteiger partial charge in [-0.3, -0.25) is 0 Å². The van der Waals surface area contributed by atoms with E-state index in [1.807, 2.05) is 24.3 Å². The Morgan fingerprint density at radius 1 is 1.24 bits per heavy atom. The minimum Gasteiger partial charge on any atom is -0.497 e. The quantitative estimate of drug-likeness (QED) is 0.782. The standard InChI is InChI=1S/C13H22N2O2/c1-15(9-8-13(10-14)17-3)11-4-6-12(16-2)7-5-11/h4-7,13H,8-10,14H2,1-3H3. The van der Waals surface area contributed by atoms with Crippen LogP contribution < -0.4 is 15.4 Å². The van der Waals surface area contributed by atoms with Crippen LogP contribution in [0.2, 0.25) is 0 Å². The van der Waals surface area contributed by atoms with Crippen molar-refractivity contribution in [2.24, 2.45) is 5.73 Å². The first kappa shape index (κ1) is 13.8. The molecule has 1 atom stereocenters. The van der Waals surface area contributed by atoms with Crippen LogP contribution in [0.3, 0.4) is 0 Å². The molecule has 0 aliphatic carbocycles. The van der Waals surface area contributed by atoms with Gasteiger partial charge in [0.1, 0.15) is 5.75 Å². The number of rotatable bonds is 7. The van der Waals surface area contributed by atoms with Crippen LogP contribution in [0.25, 0.3) is 0 Å². The molecule has 0 heterocycles. The Bertz CT molecular complexity index is 310. The van der Waals surface area contributed by atoms with Crippen LogP contribution in [0, 0.1) is 0 Å². The van der Waals surface area contributed by atoms with E-state index >= 15 is 0 Å². The second kappa shape index (κ2) is 7.14. The molecule has 0 fully saturated rings. The Labute approximate surface area is 103 Å². The molecule has 4 heteroatoms. The lowest BCUT2D eigenvalue weighted by molar-refractivity contribution is 0.104. The van der Waals surface area contributed by atoms with E-state index in [-0.39, 0.29) is 6.10 Å². The molecule has 0 saturated carbocycles. The van der Waals surface area contributed by atoms with Gasteiger partial charge in [0.15, 0.2) is 0 Å². The van der Waals surface area contributed by atoms with Gasteiger partial charge in [-0.1, -0.05) is 0 Å². The summed E-state index contributed by atoms with van der Waals surface area (Å²) in [7, 11) is 5.43. The summed E-state index contributed by atoms with van der Waals surface area (Å²) in [5, 5.41) is 0. The Kier molecular flexibility index (Phi) is 5.80. The Balaban J connectivity index is 2.48. The molecule has 1 aromatic rings. The number of benzene rings is 1. The number of nitrogens with two attached hydrogens (primary N) is 1. The molecule has 0 aromatic heterocycles. The van der Waals surface area contributed by atoms with Gasteiger partial charge in [-0.15, -0.1) is 0 Å². The second-order valence-electron chi connectivity index (χ2n) is 4.00. The smallest absolute Gasteiger partial charge is 0.119 e. The number of hydrogen-bond acceptors (Lipinski definition) is 4. The van der Waals surface area contributed by atoms with Gasteiger partial charge in [0, 0.05) is 32.9 Å². The van der Waals surface area contributed by atoms with Crippen LogP contribution in [-0.4, -0.2) is 40.5 Å². The molecule has 96 valence electrons. The summed E-state index contributed by atoms with van der Waals surface area (Å²) < 4.78 is 10.4. The van der Waals surface area contributed by atoms with E-state index in [1.165, 1.54) is 0 Å². The zero-order chi connectivity index (χ0) is 12.7. The van der Waals surface area contributed by atoms with Crippen LogP contribution in [0.15, 0.2) is 24.3 Å². The lowest BCUT2D eigenvalue weighted by Crippen LogP contribution is -2.28. The molecule has 0 radical (unpaired) electrons. The fourth-order valence-electron chi connectivity index (χ4n) is 1.64. The highest BCUT2D eigenvalue weighted by Gasteiger charge is 2.07. The van der Waals surface area contributed by atoms with Crippen LogP contribution in [-0.2, 0) is 4.74 Å². The zero-order valence-electron chi connectivity index (χ0n) is 10.8. The zero-order valence-corrected chi connectivity index (χ0v) is 10.8. The van der Waals surface area contributed by atoms with Crippen LogP contribution in [0.4, 0.5) is 5.69 Å². The van der Waals surface area contributed by atoms with E-state index in [1.54, 1.807) is 14.2 Å². The third kappa shape index (κ3) is 4.24. The Morgan fingerprint density at radius 3 is 2.35 bits per heavy atom. The van der Waals surface area contributed by atoms with Crippen molar-refractivity contribution in [1.29, 1.82) is 0 Å². The average molecular weight is 238 g/mol. The molecule has 0 saturated heterocycles. The van der Waals surface area contributed by atoms with E-state index in [0.29, 0.717) is 6.54 Å². The first-order valence-corrected chi connectivity index (χ1v) is 5.79. The molecule has 17 heavy (non-hydrogen) atoms. The van der Waals surface area contributed by atoms with Crippen LogP contribution in [0.1, 0.15) is 6.42 Å². The summed E-state index contributed by atoms with van der Waals surface area (Å²) in [5.41, 5.74) is 6.75. The molecule has 1 rings (SSSR count). The predicted molar refractivity (Wildman–Crippen MR) is 70.7 cm³/mol. The molecule has 0 bridgehead atoms. The summed E-state index contributed by atoms with van der Waals surface area (Å²) >= 11 is 0. The fraction of sp³-hybridized carbons (Fsp3) is 0.538. The van der Waals surface area contributed by atoms with Crippen molar-refractivity contribution in [1.82, 2.24) is 0 Å². The van der Waals surface area contributed by atoms with Crippen molar-refractivity contribution in [3.63, 3.8) is 0 Å². The van der Waals surface area contributed by atoms with Gasteiger partial charge in [-0.25, -0.2) is 0 Å². The number of ether oxygens (including phenoxy) is 2. The summed E-state index contributed by atoms with van der Waals surface area (Å²) in [6.07, 6.45) is 1.06. The molecule has 0 amide bonds. The van der Waals surface area contributed by atoms with Crippen molar-refractivity contribution in [3.8, 4) is 5.75 Å². The topological polar surface area (TPSA) is 47.7 Å². The molecule has 4 nitrogen and oxygen atoms in total. The third-order valence-electron chi connectivity index (χ3n) is 2.90. The predicted octanol–water partition coefficient (Wildman–Crippen LogP) is 1.50. The maximum Gasteiger partial charge on any atom is 0.119 e. The first-order valence-electron chi connectivity index (χ1n) is 5.79. The largest absolute Gasteiger partial charge is 0.497 e. The molecular formula is C13H22N2O2. The van der Waals surface area contributed by atoms with E-state index in [9.17, 15) is 0 Å². The monoisotopic (exact) mass is 238 g/mol. The summed E-state index contributed by atoms with van der Waals surface area (Å²) in [6.45, 7) is 1.48. The fourth-order valence-corrected chi connectivity index (χ4v) is 1.64. The molecule has 2 N–H and O–H groups in total. The third-order valence-corrected chi connectivity index (χ3v) is 2.90. The minimum absolute atomic E-state index is 0.135. The maximum absolute atomic E-state index is 5.59. The summed E-state index contributed by atoms with van der Waals surface area (Å²) in [4.78, 5) is 2.18. The van der Waals surface area contributed by atoms with Gasteiger partial charge in [0.2, 0.25) is 0 Å². The SMILES string of the molecule is COc1ccc(N(C)CCC(CN)OC)cc1. The highest BCUT2D eigenvalue weighted by molar-refractivity contribution is 5.48. The molecule has 1 unspecified atom stereocenters. The maximum atomic E-state index is 5.59. The Morgan fingerprint density at radius 2 is 1.88 bits per heavy atom. The van der Waals surface area contributed by atoms with Gasteiger partial charge in [-0.05, 0) is 30.7 Å². The van der Waals surface area contributed by atoms with Gasteiger partial charge in [-0.2, -0.15) is 0 Å². The average Bonchev–Trinajstić information content (AvgIpc) is 2.39. The lowest BCUT2D eigenvalue weighted by atomic mass is 10.2. The van der Waals surface area contributed by atoms with Gasteiger partial charge < -0.3 is 20.1 Å². The van der Waals surface area contributed by atoms with Crippen molar-refractivity contribution < 1.29 is 9.47 Å². The number of hydrogen-bond donors (Lipinski definition) is 1. The second-order valence-corrected chi connectivity index (χ2v) is 4.00. The lowest BCUT2D eigenvalue weighted by Gasteiger charge is -2.22. The van der Waals surface area contributed by atoms with Crippen molar-refractivity contribution >= 4 is 5.69 Å². The minimum atomic E-state index is 0.135. The molecule has 1 aromatic carbocycles. The molecule has 0 aliphatic rings. The molecule has 0 aliphatic heterocycles. The summed E-state index contributed by atoms with van der Waals surface area (Å²) in [6, 6.07) is 8.01. The highest BCUT2D eigenvalue weighted by atomic mass is 16.5. The number of anilines is 1. The van der Waals surface area contributed by atoms with E-state index in [0.717, 1.165) is 24.4 Å². The van der Waals surface area contributed by atoms with E-state index in [2.05, 4.69) is 11.9 Å². The van der Waals surface area contributed by atoms with E-state index in [4.69, 9.17) is 15.2 Å². The van der Waals surface area contributed by atoms with Crippen molar-refractivity contribution in [2.45, 2.75) is 12.5 Å². The van der Waals surface area contributed by atoms with Crippen LogP contribution in [0.5, 0.6) is 5.75 Å². The molecular weight excluding hydrogens is 216 g/mol.